The summed E-state index contributed by atoms with van der Waals surface area (Å²) in [5.41, 5.74) is 0.375. The summed E-state index contributed by atoms with van der Waals surface area (Å²) in [6.07, 6.45) is 2.61. The maximum atomic E-state index is 5.81. The van der Waals surface area contributed by atoms with Crippen LogP contribution in [0.15, 0.2) is 0 Å². The van der Waals surface area contributed by atoms with E-state index in [-0.39, 0.29) is 0 Å². The van der Waals surface area contributed by atoms with Gasteiger partial charge < -0.3 is 10.1 Å². The highest BCUT2D eigenvalue weighted by Gasteiger charge is 2.14. The van der Waals surface area contributed by atoms with Crippen LogP contribution in [0.4, 0.5) is 0 Å². The van der Waals surface area contributed by atoms with Crippen molar-refractivity contribution in [1.82, 2.24) is 5.32 Å². The summed E-state index contributed by atoms with van der Waals surface area (Å²) in [4.78, 5) is 0. The highest BCUT2D eigenvalue weighted by molar-refractivity contribution is 4.69. The first kappa shape index (κ1) is 14.9. The van der Waals surface area contributed by atoms with Crippen molar-refractivity contribution in [2.75, 3.05) is 13.2 Å². The van der Waals surface area contributed by atoms with Crippen molar-refractivity contribution in [3.8, 4) is 0 Å². The predicted octanol–water partition coefficient (Wildman–Crippen LogP) is 3.22. The molecule has 0 fully saturated rings. The van der Waals surface area contributed by atoms with Gasteiger partial charge in [0.2, 0.25) is 0 Å². The molecule has 0 aliphatic rings. The Balaban J connectivity index is 3.59. The summed E-state index contributed by atoms with van der Waals surface area (Å²) in [5, 5.41) is 3.45. The Bertz CT molecular complexity index is 151. The number of hydrogen-bond acceptors (Lipinski definition) is 2. The van der Waals surface area contributed by atoms with Gasteiger partial charge in [-0.1, -0.05) is 27.7 Å². The highest BCUT2D eigenvalue weighted by Crippen LogP contribution is 2.18. The Labute approximate surface area is 95.8 Å². The summed E-state index contributed by atoms with van der Waals surface area (Å²) >= 11 is 0. The molecule has 1 N–H and O–H groups in total. The Morgan fingerprint density at radius 2 is 1.80 bits per heavy atom. The van der Waals surface area contributed by atoms with Crippen LogP contribution >= 0.6 is 0 Å². The maximum Gasteiger partial charge on any atom is 0.0697 e. The van der Waals surface area contributed by atoms with E-state index in [2.05, 4.69) is 46.9 Å². The summed E-state index contributed by atoms with van der Waals surface area (Å²) in [6.45, 7) is 15.2. The highest BCUT2D eigenvalue weighted by atomic mass is 16.5. The van der Waals surface area contributed by atoms with E-state index in [0.717, 1.165) is 19.6 Å². The van der Waals surface area contributed by atoms with E-state index in [1.54, 1.807) is 0 Å². The molecule has 2 atom stereocenters. The molecule has 0 aliphatic carbocycles. The van der Waals surface area contributed by atoms with Gasteiger partial charge in [0, 0.05) is 12.6 Å². The topological polar surface area (TPSA) is 21.3 Å². The van der Waals surface area contributed by atoms with Gasteiger partial charge in [-0.05, 0) is 38.6 Å². The van der Waals surface area contributed by atoms with Crippen LogP contribution in [0.2, 0.25) is 0 Å². The normalized spacial score (nSPS) is 16.4. The molecule has 15 heavy (non-hydrogen) atoms. The molecule has 0 saturated heterocycles. The third kappa shape index (κ3) is 8.88. The minimum Gasteiger partial charge on any atom is -0.377 e. The Kier molecular flexibility index (Phi) is 7.20. The first-order valence-corrected chi connectivity index (χ1v) is 6.22. The van der Waals surface area contributed by atoms with Crippen molar-refractivity contribution < 1.29 is 4.74 Å². The second-order valence-electron chi connectivity index (χ2n) is 5.63. The van der Waals surface area contributed by atoms with Crippen molar-refractivity contribution in [2.24, 2.45) is 5.41 Å². The molecule has 0 spiro atoms. The van der Waals surface area contributed by atoms with Gasteiger partial charge in [-0.2, -0.15) is 0 Å². The molecule has 0 aromatic carbocycles. The predicted molar refractivity (Wildman–Crippen MR) is 67.2 cm³/mol. The zero-order chi connectivity index (χ0) is 11.9. The van der Waals surface area contributed by atoms with Gasteiger partial charge in [-0.3, -0.25) is 0 Å². The molecular formula is C13H29NO. The first-order chi connectivity index (χ1) is 6.87. The van der Waals surface area contributed by atoms with Gasteiger partial charge in [0.1, 0.15) is 0 Å². The van der Waals surface area contributed by atoms with Crippen molar-refractivity contribution in [2.45, 2.75) is 66.5 Å². The molecule has 0 aromatic heterocycles. The average Bonchev–Trinajstić information content (AvgIpc) is 2.11. The third-order valence-corrected chi connectivity index (χ3v) is 2.65. The molecule has 0 heterocycles. The van der Waals surface area contributed by atoms with Crippen LogP contribution in [0.25, 0.3) is 0 Å². The molecular weight excluding hydrogens is 186 g/mol. The third-order valence-electron chi connectivity index (χ3n) is 2.65. The van der Waals surface area contributed by atoms with Gasteiger partial charge in [0.15, 0.2) is 0 Å². The van der Waals surface area contributed by atoms with Crippen LogP contribution in [-0.4, -0.2) is 25.3 Å². The summed E-state index contributed by atoms with van der Waals surface area (Å²) < 4.78 is 5.81. The second kappa shape index (κ2) is 7.24. The summed E-state index contributed by atoms with van der Waals surface area (Å²) in [7, 11) is 0. The van der Waals surface area contributed by atoms with Crippen molar-refractivity contribution in [1.29, 1.82) is 0 Å². The SMILES string of the molecule is CCCNC(C)C(C)OCCC(C)(C)C. The molecule has 0 aliphatic heterocycles. The lowest BCUT2D eigenvalue weighted by atomic mass is 9.93. The smallest absolute Gasteiger partial charge is 0.0697 e. The summed E-state index contributed by atoms with van der Waals surface area (Å²) in [6, 6.07) is 0.449. The van der Waals surface area contributed by atoms with Gasteiger partial charge in [0.25, 0.3) is 0 Å². The Morgan fingerprint density at radius 3 is 2.27 bits per heavy atom. The van der Waals surface area contributed by atoms with Crippen molar-refractivity contribution in [3.05, 3.63) is 0 Å². The summed E-state index contributed by atoms with van der Waals surface area (Å²) in [5.74, 6) is 0. The Hall–Kier alpha value is -0.0800. The van der Waals surface area contributed by atoms with Gasteiger partial charge >= 0.3 is 0 Å². The van der Waals surface area contributed by atoms with Crippen LogP contribution < -0.4 is 5.32 Å². The quantitative estimate of drug-likeness (QED) is 0.704. The van der Waals surface area contributed by atoms with E-state index < -0.39 is 0 Å². The molecule has 2 heteroatoms. The second-order valence-corrected chi connectivity index (χ2v) is 5.63. The molecule has 0 amide bonds. The number of hydrogen-bond donors (Lipinski definition) is 1. The fraction of sp³-hybridized carbons (Fsp3) is 1.00. The fourth-order valence-corrected chi connectivity index (χ4v) is 1.23. The molecule has 92 valence electrons. The Morgan fingerprint density at radius 1 is 1.20 bits per heavy atom. The maximum absolute atomic E-state index is 5.81. The zero-order valence-electron chi connectivity index (χ0n) is 11.4. The average molecular weight is 215 g/mol. The molecule has 2 nitrogen and oxygen atoms in total. The van der Waals surface area contributed by atoms with E-state index in [4.69, 9.17) is 4.74 Å². The van der Waals surface area contributed by atoms with E-state index in [0.29, 0.717) is 17.6 Å². The van der Waals surface area contributed by atoms with Gasteiger partial charge in [-0.25, -0.2) is 0 Å². The lowest BCUT2D eigenvalue weighted by Crippen LogP contribution is -2.38. The lowest BCUT2D eigenvalue weighted by Gasteiger charge is -2.24. The molecule has 2 unspecified atom stereocenters. The van der Waals surface area contributed by atoms with Crippen LogP contribution in [0.1, 0.15) is 54.4 Å². The van der Waals surface area contributed by atoms with E-state index in [1.165, 1.54) is 6.42 Å². The largest absolute Gasteiger partial charge is 0.377 e. The van der Waals surface area contributed by atoms with Crippen molar-refractivity contribution >= 4 is 0 Å². The van der Waals surface area contributed by atoms with Crippen LogP contribution in [-0.2, 0) is 4.74 Å². The van der Waals surface area contributed by atoms with Gasteiger partial charge in [-0.15, -0.1) is 0 Å². The lowest BCUT2D eigenvalue weighted by molar-refractivity contribution is 0.0293. The molecule has 0 saturated carbocycles. The van der Waals surface area contributed by atoms with Crippen LogP contribution in [0.3, 0.4) is 0 Å². The minimum atomic E-state index is 0.305. The standard InChI is InChI=1S/C13H29NO/c1-7-9-14-11(2)12(3)15-10-8-13(4,5)6/h11-12,14H,7-10H2,1-6H3. The molecule has 0 radical (unpaired) electrons. The van der Waals surface area contributed by atoms with E-state index in [9.17, 15) is 0 Å². The minimum absolute atomic E-state index is 0.305. The monoisotopic (exact) mass is 215 g/mol. The van der Waals surface area contributed by atoms with Crippen LogP contribution in [0.5, 0.6) is 0 Å². The zero-order valence-corrected chi connectivity index (χ0v) is 11.4. The molecule has 0 bridgehead atoms. The fourth-order valence-electron chi connectivity index (χ4n) is 1.23. The van der Waals surface area contributed by atoms with Crippen molar-refractivity contribution in [3.63, 3.8) is 0 Å². The number of nitrogens with one attached hydrogen (secondary N) is 1. The number of ether oxygens (including phenoxy) is 1. The number of rotatable bonds is 7. The molecule has 0 rings (SSSR count). The first-order valence-electron chi connectivity index (χ1n) is 6.22. The van der Waals surface area contributed by atoms with E-state index >= 15 is 0 Å². The van der Waals surface area contributed by atoms with E-state index in [1.807, 2.05) is 0 Å². The van der Waals surface area contributed by atoms with Crippen LogP contribution in [0, 0.1) is 5.41 Å². The molecule has 0 aromatic rings. The van der Waals surface area contributed by atoms with Gasteiger partial charge in [0.05, 0.1) is 6.10 Å².